The summed E-state index contributed by atoms with van der Waals surface area (Å²) in [4.78, 5) is 17.5. The van der Waals surface area contributed by atoms with Crippen LogP contribution in [-0.2, 0) is 14.6 Å². The summed E-state index contributed by atoms with van der Waals surface area (Å²) in [7, 11) is -3.64. The van der Waals surface area contributed by atoms with Crippen molar-refractivity contribution in [1.29, 1.82) is 0 Å². The molecule has 4 rings (SSSR count). The predicted molar refractivity (Wildman–Crippen MR) is 124 cm³/mol. The lowest BCUT2D eigenvalue weighted by Crippen LogP contribution is -2.50. The molecule has 2 aliphatic rings. The number of anilines is 2. The highest BCUT2D eigenvalue weighted by atomic mass is 32.2. The Kier molecular flexibility index (Phi) is 6.92. The number of hydrogen-bond acceptors (Lipinski definition) is 5. The van der Waals surface area contributed by atoms with Gasteiger partial charge in [0.2, 0.25) is 5.91 Å². The van der Waals surface area contributed by atoms with Crippen LogP contribution in [-0.4, -0.2) is 57.2 Å². The van der Waals surface area contributed by atoms with Gasteiger partial charge in [-0.2, -0.15) is 0 Å². The molecule has 2 aromatic carbocycles. The molecule has 166 valence electrons. The van der Waals surface area contributed by atoms with Crippen molar-refractivity contribution >= 4 is 27.1 Å². The van der Waals surface area contributed by atoms with Gasteiger partial charge in [0.1, 0.15) is 5.75 Å². The van der Waals surface area contributed by atoms with Crippen LogP contribution >= 0.6 is 0 Å². The second-order valence-corrected chi connectivity index (χ2v) is 10.5. The summed E-state index contributed by atoms with van der Waals surface area (Å²) in [6, 6.07) is 16.5. The van der Waals surface area contributed by atoms with Crippen molar-refractivity contribution in [2.45, 2.75) is 43.0 Å². The van der Waals surface area contributed by atoms with Crippen molar-refractivity contribution in [2.24, 2.45) is 0 Å². The van der Waals surface area contributed by atoms with Gasteiger partial charge in [0.05, 0.1) is 4.90 Å². The van der Waals surface area contributed by atoms with Gasteiger partial charge in [0, 0.05) is 43.6 Å². The fourth-order valence-electron chi connectivity index (χ4n) is 4.63. The minimum Gasteiger partial charge on any atom is -0.369 e. The highest BCUT2D eigenvalue weighted by Gasteiger charge is 2.25. The first-order chi connectivity index (χ1) is 15.0. The van der Waals surface area contributed by atoms with Crippen LogP contribution in [0.15, 0.2) is 59.5 Å². The number of amides is 1. The van der Waals surface area contributed by atoms with Gasteiger partial charge in [0.25, 0.3) is 0 Å². The minimum atomic E-state index is -3.64. The largest absolute Gasteiger partial charge is 0.369 e. The molecule has 2 aromatic rings. The number of hydrogen-bond donors (Lipinski definition) is 1. The molecule has 31 heavy (non-hydrogen) atoms. The SMILES string of the molecule is O=C(CS(=O)(=O)c1ccccc1)Nc1ccc(N2CCN(C3CCCCC3)CC2)cc1. The Morgan fingerprint density at radius 1 is 0.871 bits per heavy atom. The Morgan fingerprint density at radius 3 is 2.16 bits per heavy atom. The van der Waals surface area contributed by atoms with E-state index < -0.39 is 21.5 Å². The summed E-state index contributed by atoms with van der Waals surface area (Å²) in [6.45, 7) is 4.22. The van der Waals surface area contributed by atoms with Gasteiger partial charge in [-0.25, -0.2) is 8.42 Å². The molecule has 1 N–H and O–H groups in total. The Labute approximate surface area is 185 Å². The van der Waals surface area contributed by atoms with Gasteiger partial charge in [-0.05, 0) is 49.2 Å². The summed E-state index contributed by atoms with van der Waals surface area (Å²) in [5.74, 6) is -1.10. The molecule has 0 aromatic heterocycles. The average Bonchev–Trinajstić information content (AvgIpc) is 2.80. The van der Waals surface area contributed by atoms with E-state index in [2.05, 4.69) is 15.1 Å². The van der Waals surface area contributed by atoms with Crippen molar-refractivity contribution in [2.75, 3.05) is 42.1 Å². The third-order valence-corrected chi connectivity index (χ3v) is 7.98. The molecule has 2 fully saturated rings. The van der Waals surface area contributed by atoms with E-state index in [-0.39, 0.29) is 4.90 Å². The zero-order valence-corrected chi connectivity index (χ0v) is 18.7. The van der Waals surface area contributed by atoms with Gasteiger partial charge in [-0.1, -0.05) is 37.5 Å². The Hall–Kier alpha value is -2.38. The van der Waals surface area contributed by atoms with Crippen LogP contribution in [0.1, 0.15) is 32.1 Å². The van der Waals surface area contributed by atoms with E-state index >= 15 is 0 Å². The van der Waals surface area contributed by atoms with E-state index in [0.717, 1.165) is 37.9 Å². The molecular weight excluding hydrogens is 410 g/mol. The normalized spacial score (nSPS) is 18.6. The molecule has 0 radical (unpaired) electrons. The summed E-state index contributed by atoms with van der Waals surface area (Å²) in [6.07, 6.45) is 6.80. The highest BCUT2D eigenvalue weighted by Crippen LogP contribution is 2.25. The summed E-state index contributed by atoms with van der Waals surface area (Å²) < 4.78 is 24.7. The monoisotopic (exact) mass is 441 g/mol. The number of nitrogens with one attached hydrogen (secondary N) is 1. The smallest absolute Gasteiger partial charge is 0.239 e. The molecule has 6 nitrogen and oxygen atoms in total. The molecule has 0 unspecified atom stereocenters. The molecule has 1 aliphatic heterocycles. The van der Waals surface area contributed by atoms with Crippen LogP contribution in [0.25, 0.3) is 0 Å². The second kappa shape index (κ2) is 9.83. The quantitative estimate of drug-likeness (QED) is 0.742. The van der Waals surface area contributed by atoms with Crippen molar-refractivity contribution in [3.63, 3.8) is 0 Å². The predicted octanol–water partition coefficient (Wildman–Crippen LogP) is 3.55. The van der Waals surface area contributed by atoms with Gasteiger partial charge in [-0.3, -0.25) is 9.69 Å². The number of piperazine rings is 1. The zero-order chi connectivity index (χ0) is 21.7. The molecule has 1 saturated heterocycles. The zero-order valence-electron chi connectivity index (χ0n) is 17.9. The molecule has 1 aliphatic carbocycles. The molecule has 0 bridgehead atoms. The topological polar surface area (TPSA) is 69.7 Å². The van der Waals surface area contributed by atoms with Gasteiger partial charge in [0.15, 0.2) is 9.84 Å². The van der Waals surface area contributed by atoms with Crippen LogP contribution < -0.4 is 10.2 Å². The first kappa shape index (κ1) is 21.8. The minimum absolute atomic E-state index is 0.160. The van der Waals surface area contributed by atoms with Crippen LogP contribution in [0.2, 0.25) is 0 Å². The van der Waals surface area contributed by atoms with E-state index in [1.807, 2.05) is 24.3 Å². The van der Waals surface area contributed by atoms with E-state index in [0.29, 0.717) is 5.69 Å². The van der Waals surface area contributed by atoms with Crippen molar-refractivity contribution in [3.8, 4) is 0 Å². The van der Waals surface area contributed by atoms with Gasteiger partial charge in [-0.15, -0.1) is 0 Å². The third kappa shape index (κ3) is 5.66. The summed E-state index contributed by atoms with van der Waals surface area (Å²) in [5.41, 5.74) is 1.75. The summed E-state index contributed by atoms with van der Waals surface area (Å²) in [5, 5.41) is 2.70. The highest BCUT2D eigenvalue weighted by molar-refractivity contribution is 7.92. The first-order valence-corrected chi connectivity index (χ1v) is 12.8. The summed E-state index contributed by atoms with van der Waals surface area (Å²) >= 11 is 0. The van der Waals surface area contributed by atoms with Crippen LogP contribution in [0, 0.1) is 0 Å². The number of benzene rings is 2. The maximum Gasteiger partial charge on any atom is 0.239 e. The number of nitrogens with zero attached hydrogens (tertiary/aromatic N) is 2. The molecular formula is C24H31N3O3S. The fourth-order valence-corrected chi connectivity index (χ4v) is 5.78. The number of carbonyl (C=O) groups is 1. The molecule has 1 saturated carbocycles. The van der Waals surface area contributed by atoms with Crippen molar-refractivity contribution in [1.82, 2.24) is 4.90 Å². The van der Waals surface area contributed by atoms with Crippen molar-refractivity contribution < 1.29 is 13.2 Å². The lowest BCUT2D eigenvalue weighted by molar-refractivity contribution is -0.113. The van der Waals surface area contributed by atoms with Crippen LogP contribution in [0.4, 0.5) is 11.4 Å². The Bertz CT molecular complexity index is 963. The standard InChI is InChI=1S/C24H31N3O3S/c28-24(19-31(29,30)23-9-5-2-6-10-23)25-20-11-13-22(14-12-20)27-17-15-26(16-18-27)21-7-3-1-4-8-21/h2,5-6,9-14,21H,1,3-4,7-8,15-19H2,(H,25,28). The third-order valence-electron chi connectivity index (χ3n) is 6.35. The Morgan fingerprint density at radius 2 is 1.52 bits per heavy atom. The van der Waals surface area contributed by atoms with Crippen LogP contribution in [0.3, 0.4) is 0 Å². The first-order valence-electron chi connectivity index (χ1n) is 11.2. The molecule has 7 heteroatoms. The Balaban J connectivity index is 1.29. The maximum atomic E-state index is 12.4. The van der Waals surface area contributed by atoms with Gasteiger partial charge < -0.3 is 10.2 Å². The van der Waals surface area contributed by atoms with E-state index in [9.17, 15) is 13.2 Å². The fraction of sp³-hybridized carbons (Fsp3) is 0.458. The maximum absolute atomic E-state index is 12.4. The number of sulfone groups is 1. The van der Waals surface area contributed by atoms with Gasteiger partial charge >= 0.3 is 0 Å². The van der Waals surface area contributed by atoms with Crippen LogP contribution in [0.5, 0.6) is 0 Å². The molecule has 1 heterocycles. The van der Waals surface area contributed by atoms with E-state index in [4.69, 9.17) is 0 Å². The molecule has 0 spiro atoms. The lowest BCUT2D eigenvalue weighted by atomic mass is 9.94. The van der Waals surface area contributed by atoms with E-state index in [1.54, 1.807) is 18.2 Å². The molecule has 1 amide bonds. The van der Waals surface area contributed by atoms with E-state index in [1.165, 1.54) is 44.2 Å². The van der Waals surface area contributed by atoms with Crippen molar-refractivity contribution in [3.05, 3.63) is 54.6 Å². The lowest BCUT2D eigenvalue weighted by Gasteiger charge is -2.41. The number of carbonyl (C=O) groups excluding carboxylic acids is 1. The molecule has 0 atom stereocenters. The number of rotatable bonds is 6. The second-order valence-electron chi connectivity index (χ2n) is 8.48. The average molecular weight is 442 g/mol.